The number of nitrogens with one attached hydrogen (secondary N) is 1. The molecular weight excluding hydrogens is 320 g/mol. The topological polar surface area (TPSA) is 45.7 Å². The third-order valence-corrected chi connectivity index (χ3v) is 4.99. The Hall–Kier alpha value is -2.13. The molecule has 0 unspecified atom stereocenters. The van der Waals surface area contributed by atoms with Crippen molar-refractivity contribution < 1.29 is 10.1 Å². The summed E-state index contributed by atoms with van der Waals surface area (Å²) in [5.41, 5.74) is 7.03. The van der Waals surface area contributed by atoms with Crippen LogP contribution in [0.4, 0.5) is 5.69 Å². The molecule has 0 saturated carbocycles. The van der Waals surface area contributed by atoms with Gasteiger partial charge < -0.3 is 10.6 Å². The third-order valence-electron chi connectivity index (χ3n) is 4.99. The highest BCUT2D eigenvalue weighted by molar-refractivity contribution is 5.93. The second-order valence-corrected chi connectivity index (χ2v) is 7.63. The van der Waals surface area contributed by atoms with E-state index in [0.29, 0.717) is 12.5 Å². The van der Waals surface area contributed by atoms with Crippen molar-refractivity contribution >= 4 is 11.6 Å². The summed E-state index contributed by atoms with van der Waals surface area (Å²) in [6.07, 6.45) is 1.05. The molecule has 1 amide bonds. The van der Waals surface area contributed by atoms with E-state index in [9.17, 15) is 4.79 Å². The van der Waals surface area contributed by atoms with Crippen LogP contribution in [0.5, 0.6) is 0 Å². The van der Waals surface area contributed by atoms with Crippen molar-refractivity contribution in [3.63, 3.8) is 0 Å². The number of carbonyl (C=O) groups excluding carboxylic acids is 1. The Labute approximate surface area is 158 Å². The number of quaternary nitrogens is 1. The van der Waals surface area contributed by atoms with E-state index in [0.717, 1.165) is 23.2 Å². The Morgan fingerprint density at radius 3 is 2.12 bits per heavy atom. The largest absolute Gasteiger partial charge is 0.332 e. The predicted molar refractivity (Wildman–Crippen MR) is 109 cm³/mol. The summed E-state index contributed by atoms with van der Waals surface area (Å²) in [5.74, 6) is 0.508. The molecule has 0 saturated heterocycles. The zero-order chi connectivity index (χ0) is 19.3. The lowest BCUT2D eigenvalue weighted by Crippen LogP contribution is -2.88. The van der Waals surface area contributed by atoms with Crippen LogP contribution >= 0.6 is 0 Å². The Balaban J connectivity index is 2.03. The minimum atomic E-state index is 0.0517. The Bertz CT molecular complexity index is 724. The van der Waals surface area contributed by atoms with Crippen LogP contribution in [0, 0.1) is 26.7 Å². The maximum Gasteiger partial charge on any atom is 0.279 e. The fourth-order valence-electron chi connectivity index (χ4n) is 3.57. The lowest BCUT2D eigenvalue weighted by molar-refractivity contribution is -0.692. The highest BCUT2D eigenvalue weighted by Crippen LogP contribution is 2.22. The van der Waals surface area contributed by atoms with Gasteiger partial charge in [-0.1, -0.05) is 62.7 Å². The van der Waals surface area contributed by atoms with Crippen molar-refractivity contribution in [1.29, 1.82) is 0 Å². The Morgan fingerprint density at radius 1 is 1.04 bits per heavy atom. The molecule has 0 aliphatic carbocycles. The molecule has 0 aliphatic heterocycles. The summed E-state index contributed by atoms with van der Waals surface area (Å²) in [6.45, 7) is 13.2. The van der Waals surface area contributed by atoms with E-state index in [1.54, 1.807) is 0 Å². The molecule has 26 heavy (non-hydrogen) atoms. The number of anilines is 1. The third kappa shape index (κ3) is 5.18. The normalized spacial score (nSPS) is 12.3. The molecule has 0 radical (unpaired) electrons. The molecule has 0 heterocycles. The maximum atomic E-state index is 12.5. The number of aryl methyl sites for hydroxylation is 4. The molecule has 0 spiro atoms. The monoisotopic (exact) mass is 353 g/mol. The molecule has 1 atom stereocenters. The summed E-state index contributed by atoms with van der Waals surface area (Å²) in [7, 11) is 0. The first kappa shape index (κ1) is 20.2. The van der Waals surface area contributed by atoms with Crippen molar-refractivity contribution in [2.75, 3.05) is 11.9 Å². The van der Waals surface area contributed by atoms with E-state index in [4.69, 9.17) is 0 Å². The minimum absolute atomic E-state index is 0.0517. The molecule has 2 rings (SSSR count). The first-order valence-corrected chi connectivity index (χ1v) is 9.61. The number of hydrogen-bond donors (Lipinski definition) is 2. The van der Waals surface area contributed by atoms with Crippen LogP contribution in [-0.4, -0.2) is 12.5 Å². The van der Waals surface area contributed by atoms with Crippen LogP contribution in [0.2, 0.25) is 0 Å². The van der Waals surface area contributed by atoms with Gasteiger partial charge in [0.1, 0.15) is 6.04 Å². The van der Waals surface area contributed by atoms with E-state index >= 15 is 0 Å². The number of amides is 1. The molecule has 0 fully saturated rings. The molecule has 0 bridgehead atoms. The van der Waals surface area contributed by atoms with Gasteiger partial charge in [0.15, 0.2) is 6.54 Å². The van der Waals surface area contributed by atoms with Crippen LogP contribution in [0.3, 0.4) is 0 Å². The molecule has 3 heteroatoms. The molecule has 0 aliphatic rings. The zero-order valence-electron chi connectivity index (χ0n) is 17.0. The first-order chi connectivity index (χ1) is 12.3. The fourth-order valence-corrected chi connectivity index (χ4v) is 3.57. The van der Waals surface area contributed by atoms with Crippen molar-refractivity contribution in [3.8, 4) is 0 Å². The maximum absolute atomic E-state index is 12.5. The van der Waals surface area contributed by atoms with Crippen molar-refractivity contribution in [1.82, 2.24) is 0 Å². The number of benzene rings is 2. The van der Waals surface area contributed by atoms with Gasteiger partial charge in [0.05, 0.1) is 0 Å². The van der Waals surface area contributed by atoms with E-state index in [1.807, 2.05) is 13.8 Å². The summed E-state index contributed by atoms with van der Waals surface area (Å²) in [4.78, 5) is 12.5. The molecule has 140 valence electrons. The van der Waals surface area contributed by atoms with Gasteiger partial charge >= 0.3 is 0 Å². The van der Waals surface area contributed by atoms with Gasteiger partial charge in [-0.15, -0.1) is 0 Å². The smallest absolute Gasteiger partial charge is 0.279 e. The van der Waals surface area contributed by atoms with Gasteiger partial charge in [0, 0.05) is 17.2 Å². The van der Waals surface area contributed by atoms with Crippen LogP contribution in [0.25, 0.3) is 0 Å². The van der Waals surface area contributed by atoms with E-state index in [-0.39, 0.29) is 11.9 Å². The standard InChI is InChI=1S/C23H32N2O/c1-7-19-8-10-20(11-9-19)22(15(2)3)24-14-21(26)25-23-17(5)12-16(4)13-18(23)6/h8-13,15,22,24H,7,14H2,1-6H3,(H,25,26)/p+1/t22-/m1/s1. The second kappa shape index (κ2) is 9.00. The number of carbonyl (C=O) groups is 1. The Morgan fingerprint density at radius 2 is 1.62 bits per heavy atom. The molecule has 3 nitrogen and oxygen atoms in total. The highest BCUT2D eigenvalue weighted by Gasteiger charge is 2.21. The van der Waals surface area contributed by atoms with Crippen LogP contribution in [-0.2, 0) is 11.2 Å². The van der Waals surface area contributed by atoms with E-state index < -0.39 is 0 Å². The summed E-state index contributed by atoms with van der Waals surface area (Å²) in [6, 6.07) is 13.3. The zero-order valence-corrected chi connectivity index (χ0v) is 17.0. The van der Waals surface area contributed by atoms with Crippen LogP contribution in [0.1, 0.15) is 54.6 Å². The molecular formula is C23H33N2O+. The summed E-state index contributed by atoms with van der Waals surface area (Å²) < 4.78 is 0. The van der Waals surface area contributed by atoms with Gasteiger partial charge in [-0.2, -0.15) is 0 Å². The van der Waals surface area contributed by atoms with Gasteiger partial charge in [0.2, 0.25) is 0 Å². The minimum Gasteiger partial charge on any atom is -0.332 e. The van der Waals surface area contributed by atoms with Crippen molar-refractivity contribution in [2.45, 2.75) is 54.0 Å². The molecule has 3 N–H and O–H groups in total. The first-order valence-electron chi connectivity index (χ1n) is 9.61. The SMILES string of the molecule is CCc1ccc([C@H]([NH2+]CC(=O)Nc2c(C)cc(C)cc2C)C(C)C)cc1. The fraction of sp³-hybridized carbons (Fsp3) is 0.435. The van der Waals surface area contributed by atoms with Gasteiger partial charge in [0.25, 0.3) is 5.91 Å². The van der Waals surface area contributed by atoms with Gasteiger partial charge in [-0.3, -0.25) is 4.79 Å². The predicted octanol–water partition coefficient (Wildman–Crippen LogP) is 4.07. The number of hydrogen-bond acceptors (Lipinski definition) is 1. The van der Waals surface area contributed by atoms with Crippen molar-refractivity contribution in [2.24, 2.45) is 5.92 Å². The average molecular weight is 354 g/mol. The highest BCUT2D eigenvalue weighted by atomic mass is 16.1. The van der Waals surface area contributed by atoms with Crippen molar-refractivity contribution in [3.05, 3.63) is 64.2 Å². The number of rotatable bonds is 7. The van der Waals surface area contributed by atoms with Crippen LogP contribution in [0.15, 0.2) is 36.4 Å². The quantitative estimate of drug-likeness (QED) is 0.774. The van der Waals surface area contributed by atoms with E-state index in [1.165, 1.54) is 16.7 Å². The summed E-state index contributed by atoms with van der Waals surface area (Å²) in [5, 5.41) is 5.25. The summed E-state index contributed by atoms with van der Waals surface area (Å²) >= 11 is 0. The molecule has 0 aromatic heterocycles. The molecule has 2 aromatic rings. The van der Waals surface area contributed by atoms with Gasteiger partial charge in [-0.05, 0) is 43.9 Å². The number of nitrogens with two attached hydrogens (primary N) is 1. The van der Waals surface area contributed by atoms with Crippen LogP contribution < -0.4 is 10.6 Å². The van der Waals surface area contributed by atoms with Gasteiger partial charge in [-0.25, -0.2) is 0 Å². The Kier molecular flexibility index (Phi) is 6.98. The second-order valence-electron chi connectivity index (χ2n) is 7.63. The average Bonchev–Trinajstić information content (AvgIpc) is 2.58. The van der Waals surface area contributed by atoms with E-state index in [2.05, 4.69) is 74.7 Å². The molecule has 2 aromatic carbocycles. The lowest BCUT2D eigenvalue weighted by atomic mass is 9.95. The lowest BCUT2D eigenvalue weighted by Gasteiger charge is -2.20.